The van der Waals surface area contributed by atoms with Crippen LogP contribution >= 0.6 is 0 Å². The Labute approximate surface area is 402 Å². The number of para-hydroxylation sites is 3. The number of benzene rings is 7. The van der Waals surface area contributed by atoms with E-state index in [2.05, 4.69) is 228 Å². The van der Waals surface area contributed by atoms with Gasteiger partial charge in [0, 0.05) is 16.2 Å². The summed E-state index contributed by atoms with van der Waals surface area (Å²) in [6.45, 7) is 20.6. The fourth-order valence-corrected chi connectivity index (χ4v) is 9.75. The van der Waals surface area contributed by atoms with Gasteiger partial charge in [-0.3, -0.25) is 13.7 Å². The summed E-state index contributed by atoms with van der Waals surface area (Å²) in [7, 11) is 0. The lowest BCUT2D eigenvalue weighted by Crippen LogP contribution is -2.32. The van der Waals surface area contributed by atoms with Crippen LogP contribution in [0.4, 0.5) is 0 Å². The first-order valence-corrected chi connectivity index (χ1v) is 23.7. The van der Waals surface area contributed by atoms with Crippen molar-refractivity contribution in [2.75, 3.05) is 0 Å². The van der Waals surface area contributed by atoms with Crippen LogP contribution in [0.25, 0.3) is 83.3 Å². The molecule has 0 unspecified atom stereocenters. The van der Waals surface area contributed by atoms with E-state index in [4.69, 9.17) is 12.1 Å². The molecule has 0 saturated carbocycles. The van der Waals surface area contributed by atoms with E-state index in [0.717, 1.165) is 55.3 Å². The predicted molar refractivity (Wildman–Crippen MR) is 282 cm³/mol. The van der Waals surface area contributed by atoms with Gasteiger partial charge >= 0.3 is 0 Å². The summed E-state index contributed by atoms with van der Waals surface area (Å²) in [5.41, 5.74) is 17.5. The molecule has 0 amide bonds. The quantitative estimate of drug-likeness (QED) is 0.118. The number of furan rings is 1. The Kier molecular flexibility index (Phi) is 9.64. The molecule has 0 saturated heterocycles. The van der Waals surface area contributed by atoms with Crippen molar-refractivity contribution in [1.29, 1.82) is 0 Å². The fraction of sp³-hybridized carbons (Fsp3) is 0.206. The van der Waals surface area contributed by atoms with Gasteiger partial charge in [0.2, 0.25) is 0 Å². The predicted octanol–water partition coefficient (Wildman–Crippen LogP) is 15.8. The van der Waals surface area contributed by atoms with Crippen molar-refractivity contribution in [3.05, 3.63) is 210 Å². The van der Waals surface area contributed by atoms with Crippen LogP contribution in [0.3, 0.4) is 0 Å². The van der Waals surface area contributed by atoms with Crippen LogP contribution in [0, 0.1) is 6.33 Å². The molecule has 7 aromatic carbocycles. The summed E-state index contributed by atoms with van der Waals surface area (Å²) < 4.78 is 28.8. The van der Waals surface area contributed by atoms with Crippen molar-refractivity contribution in [3.63, 3.8) is 0 Å². The molecule has 0 fully saturated rings. The standard InChI is InChI=1S/C63H58N4O/c1-61(2,3)46-27-25-43(26-28-46)52-37-48(63(7,8)9)38-53(44-17-15-18-47(35-44)62(4,5)6)60(52)66-40-65(55-22-12-13-23-56(55)66)49-19-14-16-41(33-49)32-42-24-29-51-50-20-10-11-21-54(50)67(57(51)34-42)59-36-45-30-31-68-58(45)39-64-59/h10-31,33-39H,32H2,1-9H3/i30D,31D. The number of pyridine rings is 1. The normalized spacial score (nSPS) is 13.0. The summed E-state index contributed by atoms with van der Waals surface area (Å²) in [5, 5.41) is 2.82. The lowest BCUT2D eigenvalue weighted by molar-refractivity contribution is -0.571. The fourth-order valence-electron chi connectivity index (χ4n) is 9.75. The lowest BCUT2D eigenvalue weighted by Gasteiger charge is -2.26. The van der Waals surface area contributed by atoms with E-state index in [9.17, 15) is 0 Å². The zero-order valence-corrected chi connectivity index (χ0v) is 40.5. The topological polar surface area (TPSA) is 39.8 Å². The van der Waals surface area contributed by atoms with Gasteiger partial charge in [-0.05, 0) is 109 Å². The second-order valence-corrected chi connectivity index (χ2v) is 21.5. The van der Waals surface area contributed by atoms with E-state index in [1.165, 1.54) is 38.9 Å². The number of aromatic nitrogens is 4. The van der Waals surface area contributed by atoms with Gasteiger partial charge in [-0.1, -0.05) is 190 Å². The maximum absolute atomic E-state index is 8.49. The van der Waals surface area contributed by atoms with Gasteiger partial charge in [-0.2, -0.15) is 0 Å². The van der Waals surface area contributed by atoms with Crippen molar-refractivity contribution in [1.82, 2.24) is 14.1 Å². The Bertz CT molecular complexity index is 3830. The van der Waals surface area contributed by atoms with E-state index in [1.807, 2.05) is 12.1 Å². The van der Waals surface area contributed by atoms with Crippen molar-refractivity contribution in [2.45, 2.75) is 85.0 Å². The smallest absolute Gasteiger partial charge is 0.269 e. The number of rotatable bonds is 7. The van der Waals surface area contributed by atoms with E-state index < -0.39 is 0 Å². The van der Waals surface area contributed by atoms with Crippen molar-refractivity contribution in [3.8, 4) is 39.4 Å². The van der Waals surface area contributed by atoms with Crippen LogP contribution in [0.1, 0.15) is 92.9 Å². The molecule has 4 aromatic heterocycles. The van der Waals surface area contributed by atoms with Gasteiger partial charge in [0.1, 0.15) is 7.19 Å². The molecule has 11 rings (SSSR count). The van der Waals surface area contributed by atoms with Gasteiger partial charge in [0.25, 0.3) is 6.33 Å². The highest BCUT2D eigenvalue weighted by molar-refractivity contribution is 6.09. The average Bonchev–Trinajstić information content (AvgIpc) is 3.98. The van der Waals surface area contributed by atoms with Gasteiger partial charge in [-0.15, -0.1) is 0 Å². The van der Waals surface area contributed by atoms with E-state index >= 15 is 0 Å². The number of imidazole rings is 1. The number of hydrogen-bond donors (Lipinski definition) is 0. The largest absolute Gasteiger partial charge is 0.463 e. The average molecular weight is 889 g/mol. The molecule has 5 heteroatoms. The Morgan fingerprint density at radius 1 is 0.574 bits per heavy atom. The first-order chi connectivity index (χ1) is 33.4. The van der Waals surface area contributed by atoms with E-state index in [0.29, 0.717) is 23.2 Å². The molecule has 0 atom stereocenters. The highest BCUT2D eigenvalue weighted by Crippen LogP contribution is 2.41. The van der Waals surface area contributed by atoms with E-state index in [-0.39, 0.29) is 28.5 Å². The SMILES string of the molecule is [2H]c1oc2cnc(-n3c4ccccc4c4ccc(Cc5cccc(-n6[c-][n+](-c7c(-c8ccc(C(C)(C)C)cc8)cc(C(C)(C)C)cc7-c7cccc(C(C)(C)C)c7)c7ccccc76)c5)cc43)cc2c1[2H]. The van der Waals surface area contributed by atoms with Crippen LogP contribution in [-0.4, -0.2) is 14.1 Å². The molecule has 4 heterocycles. The first-order valence-electron chi connectivity index (χ1n) is 24.7. The third-order valence-electron chi connectivity index (χ3n) is 13.6. The van der Waals surface area contributed by atoms with Crippen molar-refractivity contribution >= 4 is 43.8 Å². The van der Waals surface area contributed by atoms with Crippen LogP contribution in [0.15, 0.2) is 181 Å². The molecule has 0 radical (unpaired) electrons. The lowest BCUT2D eigenvalue weighted by atomic mass is 9.80. The van der Waals surface area contributed by atoms with Gasteiger partial charge < -0.3 is 4.42 Å². The van der Waals surface area contributed by atoms with E-state index in [1.54, 1.807) is 6.20 Å². The molecule has 0 aliphatic carbocycles. The van der Waals surface area contributed by atoms with Crippen molar-refractivity contribution < 1.29 is 11.7 Å². The highest BCUT2D eigenvalue weighted by atomic mass is 16.3. The third kappa shape index (κ3) is 7.70. The Morgan fingerprint density at radius 2 is 1.25 bits per heavy atom. The molecular weight excluding hydrogens is 829 g/mol. The molecule has 336 valence electrons. The summed E-state index contributed by atoms with van der Waals surface area (Å²) in [4.78, 5) is 4.79. The number of hydrogen-bond acceptors (Lipinski definition) is 2. The number of nitrogens with zero attached hydrogens (tertiary/aromatic N) is 4. The van der Waals surface area contributed by atoms with Crippen LogP contribution < -0.4 is 4.57 Å². The molecule has 5 nitrogen and oxygen atoms in total. The minimum Gasteiger partial charge on any atom is -0.463 e. The second-order valence-electron chi connectivity index (χ2n) is 21.5. The molecule has 68 heavy (non-hydrogen) atoms. The van der Waals surface area contributed by atoms with Gasteiger partial charge in [0.15, 0.2) is 5.58 Å². The number of fused-ring (bicyclic) bond motifs is 5. The van der Waals surface area contributed by atoms with Crippen LogP contribution in [-0.2, 0) is 22.7 Å². The molecule has 0 bridgehead atoms. The maximum Gasteiger partial charge on any atom is 0.269 e. The molecule has 11 aromatic rings. The highest BCUT2D eigenvalue weighted by Gasteiger charge is 2.26. The Hall–Kier alpha value is -7.50. The summed E-state index contributed by atoms with van der Waals surface area (Å²) in [6, 6.07) is 57.6. The Morgan fingerprint density at radius 3 is 2.01 bits per heavy atom. The van der Waals surface area contributed by atoms with Gasteiger partial charge in [-0.25, -0.2) is 4.98 Å². The maximum atomic E-state index is 8.49. The summed E-state index contributed by atoms with van der Waals surface area (Å²) >= 11 is 0. The van der Waals surface area contributed by atoms with Crippen LogP contribution in [0.2, 0.25) is 0 Å². The molecule has 0 spiro atoms. The van der Waals surface area contributed by atoms with Crippen molar-refractivity contribution in [2.24, 2.45) is 0 Å². The third-order valence-corrected chi connectivity index (χ3v) is 13.6. The molecule has 0 aliphatic heterocycles. The Balaban J connectivity index is 1.06. The minimum atomic E-state index is -0.158. The van der Waals surface area contributed by atoms with Crippen LogP contribution in [0.5, 0.6) is 0 Å². The second kappa shape index (κ2) is 16.1. The zero-order valence-electron chi connectivity index (χ0n) is 42.5. The summed E-state index contributed by atoms with van der Waals surface area (Å²) in [6.07, 6.45) is 6.12. The monoisotopic (exact) mass is 888 g/mol. The molecule has 0 aliphatic rings. The first kappa shape index (κ1) is 40.7. The summed E-state index contributed by atoms with van der Waals surface area (Å²) in [5.74, 6) is 0.679. The minimum absolute atomic E-state index is 0.0266. The molecule has 0 N–H and O–H groups in total. The zero-order chi connectivity index (χ0) is 48.9. The molecular formula is C63H58N4O. The van der Waals surface area contributed by atoms with Gasteiger partial charge in [0.05, 0.1) is 47.2 Å².